The monoisotopic (exact) mass is 287 g/mol. The second-order valence-electron chi connectivity index (χ2n) is 6.46. The van der Waals surface area contributed by atoms with E-state index in [1.54, 1.807) is 0 Å². The van der Waals surface area contributed by atoms with Gasteiger partial charge in [-0.25, -0.2) is 4.79 Å². The van der Waals surface area contributed by atoms with Crippen LogP contribution in [0.4, 0.5) is 10.5 Å². The van der Waals surface area contributed by atoms with E-state index in [0.717, 1.165) is 37.9 Å². The molecule has 1 aliphatic carbocycles. The summed E-state index contributed by atoms with van der Waals surface area (Å²) in [7, 11) is 0. The first-order valence-electron chi connectivity index (χ1n) is 8.03. The van der Waals surface area contributed by atoms with Gasteiger partial charge >= 0.3 is 6.03 Å². The predicted molar refractivity (Wildman–Crippen MR) is 85.7 cm³/mol. The highest BCUT2D eigenvalue weighted by Crippen LogP contribution is 2.27. The number of amides is 2. The van der Waals surface area contributed by atoms with Crippen molar-refractivity contribution < 1.29 is 4.79 Å². The number of rotatable bonds is 3. The van der Waals surface area contributed by atoms with Crippen molar-refractivity contribution in [1.29, 1.82) is 0 Å². The van der Waals surface area contributed by atoms with Crippen LogP contribution < -0.4 is 5.32 Å². The lowest BCUT2D eigenvalue weighted by Gasteiger charge is -2.34. The summed E-state index contributed by atoms with van der Waals surface area (Å²) in [5.41, 5.74) is 2.18. The van der Waals surface area contributed by atoms with Crippen molar-refractivity contribution in [3.05, 3.63) is 29.8 Å². The molecule has 2 fully saturated rings. The van der Waals surface area contributed by atoms with Gasteiger partial charge in [0, 0.05) is 37.9 Å². The van der Waals surface area contributed by atoms with Crippen molar-refractivity contribution >= 4 is 11.7 Å². The molecule has 1 N–H and O–H groups in total. The summed E-state index contributed by atoms with van der Waals surface area (Å²) in [5, 5.41) is 3.01. The molecule has 1 aliphatic heterocycles. The number of nitrogens with zero attached hydrogens (tertiary/aromatic N) is 2. The fourth-order valence-corrected chi connectivity index (χ4v) is 2.88. The molecular formula is C17H25N3O. The smallest absolute Gasteiger partial charge is 0.321 e. The van der Waals surface area contributed by atoms with Crippen molar-refractivity contribution in [1.82, 2.24) is 9.80 Å². The Labute approximate surface area is 127 Å². The van der Waals surface area contributed by atoms with E-state index < -0.39 is 0 Å². The van der Waals surface area contributed by atoms with Crippen LogP contribution in [-0.4, -0.2) is 48.1 Å². The number of carbonyl (C=O) groups is 1. The standard InChI is InChI=1S/C17H25N3O/c1-13(2)14-3-5-15(6-4-14)18-17(21)20-11-9-19(10-12-20)16-7-8-16/h3-6,13,16H,7-12H2,1-2H3,(H,18,21). The Morgan fingerprint density at radius 1 is 1.10 bits per heavy atom. The Morgan fingerprint density at radius 3 is 2.24 bits per heavy atom. The largest absolute Gasteiger partial charge is 0.322 e. The van der Waals surface area contributed by atoms with Crippen LogP contribution in [0.1, 0.15) is 38.2 Å². The van der Waals surface area contributed by atoms with E-state index in [1.165, 1.54) is 18.4 Å². The van der Waals surface area contributed by atoms with Crippen LogP contribution in [0.5, 0.6) is 0 Å². The molecule has 1 heterocycles. The zero-order chi connectivity index (χ0) is 14.8. The van der Waals surface area contributed by atoms with Gasteiger partial charge in [-0.2, -0.15) is 0 Å². The minimum atomic E-state index is 0.0303. The van der Waals surface area contributed by atoms with Crippen LogP contribution in [0.15, 0.2) is 24.3 Å². The maximum Gasteiger partial charge on any atom is 0.321 e. The number of anilines is 1. The van der Waals surface area contributed by atoms with Crippen LogP contribution in [0, 0.1) is 0 Å². The van der Waals surface area contributed by atoms with E-state index in [1.807, 2.05) is 17.0 Å². The van der Waals surface area contributed by atoms with E-state index in [0.29, 0.717) is 5.92 Å². The number of hydrogen-bond donors (Lipinski definition) is 1. The van der Waals surface area contributed by atoms with Gasteiger partial charge in [0.15, 0.2) is 0 Å². The molecule has 4 heteroatoms. The average molecular weight is 287 g/mol. The van der Waals surface area contributed by atoms with Gasteiger partial charge in [0.1, 0.15) is 0 Å². The summed E-state index contributed by atoms with van der Waals surface area (Å²) in [6.07, 6.45) is 2.68. The molecular weight excluding hydrogens is 262 g/mol. The molecule has 0 aromatic heterocycles. The zero-order valence-electron chi connectivity index (χ0n) is 13.0. The van der Waals surface area contributed by atoms with Gasteiger partial charge < -0.3 is 10.2 Å². The highest BCUT2D eigenvalue weighted by atomic mass is 16.2. The van der Waals surface area contributed by atoms with E-state index in [2.05, 4.69) is 36.2 Å². The molecule has 0 radical (unpaired) electrons. The van der Waals surface area contributed by atoms with E-state index in [-0.39, 0.29) is 6.03 Å². The summed E-state index contributed by atoms with van der Waals surface area (Å²) in [6.45, 7) is 8.06. The van der Waals surface area contributed by atoms with Crippen LogP contribution in [0.3, 0.4) is 0 Å². The molecule has 0 unspecified atom stereocenters. The average Bonchev–Trinajstić information content (AvgIpc) is 3.32. The first-order chi connectivity index (χ1) is 10.1. The number of nitrogens with one attached hydrogen (secondary N) is 1. The fourth-order valence-electron chi connectivity index (χ4n) is 2.88. The number of piperazine rings is 1. The Morgan fingerprint density at radius 2 is 1.71 bits per heavy atom. The van der Waals surface area contributed by atoms with Crippen molar-refractivity contribution in [2.24, 2.45) is 0 Å². The van der Waals surface area contributed by atoms with E-state index in [9.17, 15) is 4.79 Å². The minimum absolute atomic E-state index is 0.0303. The third-order valence-electron chi connectivity index (χ3n) is 4.49. The van der Waals surface area contributed by atoms with E-state index >= 15 is 0 Å². The zero-order valence-corrected chi connectivity index (χ0v) is 13.0. The van der Waals surface area contributed by atoms with Crippen LogP contribution in [-0.2, 0) is 0 Å². The first-order valence-corrected chi connectivity index (χ1v) is 8.03. The lowest BCUT2D eigenvalue weighted by atomic mass is 10.0. The van der Waals surface area contributed by atoms with Gasteiger partial charge in [0.2, 0.25) is 0 Å². The summed E-state index contributed by atoms with van der Waals surface area (Å²) in [5.74, 6) is 0.519. The van der Waals surface area contributed by atoms with Gasteiger partial charge in [0.05, 0.1) is 0 Å². The maximum absolute atomic E-state index is 12.3. The normalized spacial score (nSPS) is 19.9. The second kappa shape index (κ2) is 6.06. The molecule has 3 rings (SSSR count). The number of urea groups is 1. The highest BCUT2D eigenvalue weighted by Gasteiger charge is 2.32. The molecule has 1 aromatic carbocycles. The van der Waals surface area contributed by atoms with Crippen molar-refractivity contribution in [3.63, 3.8) is 0 Å². The van der Waals surface area contributed by atoms with Gasteiger partial charge in [-0.3, -0.25) is 4.90 Å². The highest BCUT2D eigenvalue weighted by molar-refractivity contribution is 5.89. The third kappa shape index (κ3) is 3.56. The predicted octanol–water partition coefficient (Wildman–Crippen LogP) is 3.12. The molecule has 2 amide bonds. The van der Waals surface area contributed by atoms with Crippen molar-refractivity contribution in [3.8, 4) is 0 Å². The van der Waals surface area contributed by atoms with Gasteiger partial charge in [-0.15, -0.1) is 0 Å². The van der Waals surface area contributed by atoms with Gasteiger partial charge in [-0.1, -0.05) is 26.0 Å². The Hall–Kier alpha value is -1.55. The Kier molecular flexibility index (Phi) is 4.15. The summed E-state index contributed by atoms with van der Waals surface area (Å²) in [6, 6.07) is 9.00. The molecule has 4 nitrogen and oxygen atoms in total. The molecule has 0 atom stereocenters. The molecule has 1 saturated heterocycles. The number of carbonyl (C=O) groups excluding carboxylic acids is 1. The Balaban J connectivity index is 1.51. The molecule has 1 aromatic rings. The SMILES string of the molecule is CC(C)c1ccc(NC(=O)N2CCN(C3CC3)CC2)cc1. The summed E-state index contributed by atoms with van der Waals surface area (Å²) in [4.78, 5) is 16.7. The lowest BCUT2D eigenvalue weighted by Crippen LogP contribution is -2.50. The number of hydrogen-bond acceptors (Lipinski definition) is 2. The first kappa shape index (κ1) is 14.4. The molecule has 114 valence electrons. The maximum atomic E-state index is 12.3. The number of benzene rings is 1. The van der Waals surface area contributed by atoms with Gasteiger partial charge in [-0.05, 0) is 36.5 Å². The molecule has 21 heavy (non-hydrogen) atoms. The summed E-state index contributed by atoms with van der Waals surface area (Å²) >= 11 is 0. The van der Waals surface area contributed by atoms with E-state index in [4.69, 9.17) is 0 Å². The second-order valence-corrected chi connectivity index (χ2v) is 6.46. The van der Waals surface area contributed by atoms with Crippen LogP contribution >= 0.6 is 0 Å². The minimum Gasteiger partial charge on any atom is -0.322 e. The third-order valence-corrected chi connectivity index (χ3v) is 4.49. The topological polar surface area (TPSA) is 35.6 Å². The summed E-state index contributed by atoms with van der Waals surface area (Å²) < 4.78 is 0. The van der Waals surface area contributed by atoms with Crippen LogP contribution in [0.2, 0.25) is 0 Å². The van der Waals surface area contributed by atoms with Crippen molar-refractivity contribution in [2.45, 2.75) is 38.6 Å². The molecule has 0 spiro atoms. The lowest BCUT2D eigenvalue weighted by molar-refractivity contribution is 0.142. The molecule has 1 saturated carbocycles. The molecule has 0 bridgehead atoms. The quantitative estimate of drug-likeness (QED) is 0.927. The fraction of sp³-hybridized carbons (Fsp3) is 0.588. The Bertz CT molecular complexity index is 485. The van der Waals surface area contributed by atoms with Gasteiger partial charge in [0.25, 0.3) is 0 Å². The van der Waals surface area contributed by atoms with Crippen LogP contribution in [0.25, 0.3) is 0 Å². The van der Waals surface area contributed by atoms with Crippen molar-refractivity contribution in [2.75, 3.05) is 31.5 Å². The molecule has 2 aliphatic rings.